The van der Waals surface area contributed by atoms with Crippen molar-refractivity contribution in [2.45, 2.75) is 20.8 Å². The van der Waals surface area contributed by atoms with Gasteiger partial charge in [0.05, 0.1) is 17.8 Å². The highest BCUT2D eigenvalue weighted by atomic mass is 16.2. The molecular weight excluding hydrogens is 206 g/mol. The number of hydrogen-bond donors (Lipinski definition) is 1. The Balaban J connectivity index is 2.60. The first-order chi connectivity index (χ1) is 7.41. The molecule has 88 valence electrons. The number of carbonyl (C=O) groups excluding carboxylic acids is 2. The lowest BCUT2D eigenvalue weighted by atomic mass is 10.1. The Morgan fingerprint density at radius 3 is 2.56 bits per heavy atom. The lowest BCUT2D eigenvalue weighted by molar-refractivity contribution is -0.120. The molecule has 16 heavy (non-hydrogen) atoms. The minimum atomic E-state index is -0.250. The van der Waals surface area contributed by atoms with E-state index in [0.29, 0.717) is 11.3 Å². The van der Waals surface area contributed by atoms with E-state index < -0.39 is 0 Å². The van der Waals surface area contributed by atoms with Crippen molar-refractivity contribution in [2.24, 2.45) is 13.0 Å². The maximum atomic E-state index is 11.7. The van der Waals surface area contributed by atoms with Crippen molar-refractivity contribution < 1.29 is 9.59 Å². The summed E-state index contributed by atoms with van der Waals surface area (Å²) in [5.74, 6) is -0.287. The molecule has 0 aromatic carbocycles. The number of ketones is 1. The van der Waals surface area contributed by atoms with Crippen molar-refractivity contribution in [3.63, 3.8) is 0 Å². The summed E-state index contributed by atoms with van der Waals surface area (Å²) in [7, 11) is 1.75. The molecular formula is C11H17N3O2. The SMILES string of the molecule is Cc1nn(C)cc1C(=O)NCC(=O)C(C)C. The number of Topliss-reactive ketones (excluding diaryl/α,β-unsaturated/α-hetero) is 1. The molecule has 0 bridgehead atoms. The number of nitrogens with zero attached hydrogens (tertiary/aromatic N) is 2. The second kappa shape index (κ2) is 4.92. The summed E-state index contributed by atoms with van der Waals surface area (Å²) in [4.78, 5) is 23.0. The zero-order valence-corrected chi connectivity index (χ0v) is 10.1. The van der Waals surface area contributed by atoms with Crippen LogP contribution in [0.1, 0.15) is 29.9 Å². The Bertz CT molecular complexity index is 407. The zero-order chi connectivity index (χ0) is 12.3. The third-order valence-corrected chi connectivity index (χ3v) is 2.33. The Hall–Kier alpha value is -1.65. The molecule has 5 nitrogen and oxygen atoms in total. The van der Waals surface area contributed by atoms with Gasteiger partial charge in [0.2, 0.25) is 0 Å². The van der Waals surface area contributed by atoms with Crippen molar-refractivity contribution in [3.05, 3.63) is 17.5 Å². The first kappa shape index (κ1) is 12.4. The van der Waals surface area contributed by atoms with Gasteiger partial charge in [-0.2, -0.15) is 5.10 Å². The minimum Gasteiger partial charge on any atom is -0.345 e. The molecule has 1 N–H and O–H groups in total. The summed E-state index contributed by atoms with van der Waals surface area (Å²) in [6.45, 7) is 5.46. The minimum absolute atomic E-state index is 0.0230. The van der Waals surface area contributed by atoms with Crippen molar-refractivity contribution in [2.75, 3.05) is 6.54 Å². The van der Waals surface area contributed by atoms with Crippen molar-refractivity contribution in [1.29, 1.82) is 0 Å². The van der Waals surface area contributed by atoms with Gasteiger partial charge in [0.25, 0.3) is 5.91 Å². The van der Waals surface area contributed by atoms with Gasteiger partial charge in [0, 0.05) is 19.2 Å². The van der Waals surface area contributed by atoms with Gasteiger partial charge in [0.15, 0.2) is 5.78 Å². The lowest BCUT2D eigenvalue weighted by Gasteiger charge is -2.05. The molecule has 1 rings (SSSR count). The van der Waals surface area contributed by atoms with Gasteiger partial charge >= 0.3 is 0 Å². The normalized spacial score (nSPS) is 10.6. The highest BCUT2D eigenvalue weighted by molar-refractivity contribution is 5.97. The Labute approximate surface area is 94.8 Å². The summed E-state index contributed by atoms with van der Waals surface area (Å²) in [6.07, 6.45) is 1.64. The van der Waals surface area contributed by atoms with Crippen LogP contribution in [0.3, 0.4) is 0 Å². The first-order valence-electron chi connectivity index (χ1n) is 5.23. The summed E-state index contributed by atoms with van der Waals surface area (Å²) in [6, 6.07) is 0. The highest BCUT2D eigenvalue weighted by Gasteiger charge is 2.14. The van der Waals surface area contributed by atoms with Gasteiger partial charge in [-0.15, -0.1) is 0 Å². The molecule has 1 aromatic rings. The number of aryl methyl sites for hydroxylation is 2. The van der Waals surface area contributed by atoms with Gasteiger partial charge in [-0.3, -0.25) is 14.3 Å². The van der Waals surface area contributed by atoms with E-state index in [0.717, 1.165) is 0 Å². The van der Waals surface area contributed by atoms with E-state index in [1.54, 1.807) is 24.9 Å². The molecule has 0 fully saturated rings. The largest absolute Gasteiger partial charge is 0.345 e. The van der Waals surface area contributed by atoms with Crippen LogP contribution in [-0.4, -0.2) is 28.0 Å². The van der Waals surface area contributed by atoms with Crippen LogP contribution in [0.5, 0.6) is 0 Å². The molecule has 0 saturated heterocycles. The molecule has 0 aliphatic carbocycles. The third-order valence-electron chi connectivity index (χ3n) is 2.33. The van der Waals surface area contributed by atoms with Gasteiger partial charge in [0.1, 0.15) is 0 Å². The molecule has 0 atom stereocenters. The Kier molecular flexibility index (Phi) is 3.82. The molecule has 0 radical (unpaired) electrons. The maximum Gasteiger partial charge on any atom is 0.255 e. The number of carbonyl (C=O) groups is 2. The van der Waals surface area contributed by atoms with E-state index in [4.69, 9.17) is 0 Å². The Morgan fingerprint density at radius 1 is 1.50 bits per heavy atom. The molecule has 1 aromatic heterocycles. The summed E-state index contributed by atoms with van der Waals surface area (Å²) >= 11 is 0. The summed E-state index contributed by atoms with van der Waals surface area (Å²) in [5.41, 5.74) is 1.18. The van der Waals surface area contributed by atoms with E-state index in [2.05, 4.69) is 10.4 Å². The fourth-order valence-corrected chi connectivity index (χ4v) is 1.29. The maximum absolute atomic E-state index is 11.7. The van der Waals surface area contributed by atoms with Crippen molar-refractivity contribution in [3.8, 4) is 0 Å². The fraction of sp³-hybridized carbons (Fsp3) is 0.545. The predicted molar refractivity (Wildman–Crippen MR) is 60.1 cm³/mol. The molecule has 0 saturated carbocycles. The fourth-order valence-electron chi connectivity index (χ4n) is 1.29. The van der Waals surface area contributed by atoms with Crippen LogP contribution in [-0.2, 0) is 11.8 Å². The third kappa shape index (κ3) is 2.92. The molecule has 0 spiro atoms. The van der Waals surface area contributed by atoms with Crippen LogP contribution in [0.4, 0.5) is 0 Å². The smallest absolute Gasteiger partial charge is 0.255 e. The average Bonchev–Trinajstić information content (AvgIpc) is 2.53. The van der Waals surface area contributed by atoms with Crippen LogP contribution in [0.25, 0.3) is 0 Å². The Morgan fingerprint density at radius 2 is 2.12 bits per heavy atom. The standard InChI is InChI=1S/C11H17N3O2/c1-7(2)10(15)5-12-11(16)9-6-14(4)13-8(9)3/h6-7H,5H2,1-4H3,(H,12,16). The molecule has 5 heteroatoms. The summed E-state index contributed by atoms with van der Waals surface area (Å²) < 4.78 is 1.58. The van der Waals surface area contributed by atoms with E-state index in [1.807, 2.05) is 13.8 Å². The van der Waals surface area contributed by atoms with Crippen molar-refractivity contribution in [1.82, 2.24) is 15.1 Å². The van der Waals surface area contributed by atoms with Gasteiger partial charge in [-0.05, 0) is 6.92 Å². The lowest BCUT2D eigenvalue weighted by Crippen LogP contribution is -2.31. The van der Waals surface area contributed by atoms with Crippen LogP contribution in [0, 0.1) is 12.8 Å². The van der Waals surface area contributed by atoms with E-state index in [9.17, 15) is 9.59 Å². The molecule has 1 heterocycles. The zero-order valence-electron chi connectivity index (χ0n) is 10.1. The number of hydrogen-bond acceptors (Lipinski definition) is 3. The monoisotopic (exact) mass is 223 g/mol. The van der Waals surface area contributed by atoms with Crippen LogP contribution in [0.15, 0.2) is 6.20 Å². The number of aromatic nitrogens is 2. The molecule has 1 amide bonds. The predicted octanol–water partition coefficient (Wildman–Crippen LogP) is 0.683. The second-order valence-electron chi connectivity index (χ2n) is 4.11. The van der Waals surface area contributed by atoms with E-state index in [-0.39, 0.29) is 24.2 Å². The summed E-state index contributed by atoms with van der Waals surface area (Å²) in [5, 5.41) is 6.66. The quantitative estimate of drug-likeness (QED) is 0.816. The second-order valence-corrected chi connectivity index (χ2v) is 4.11. The highest BCUT2D eigenvalue weighted by Crippen LogP contribution is 2.04. The number of amides is 1. The van der Waals surface area contributed by atoms with E-state index >= 15 is 0 Å². The number of nitrogens with one attached hydrogen (secondary N) is 1. The van der Waals surface area contributed by atoms with Crippen molar-refractivity contribution >= 4 is 11.7 Å². The van der Waals surface area contributed by atoms with Gasteiger partial charge in [-0.1, -0.05) is 13.8 Å². The van der Waals surface area contributed by atoms with E-state index in [1.165, 1.54) is 0 Å². The average molecular weight is 223 g/mol. The number of rotatable bonds is 4. The van der Waals surface area contributed by atoms with Crippen LogP contribution in [0.2, 0.25) is 0 Å². The topological polar surface area (TPSA) is 64.0 Å². The van der Waals surface area contributed by atoms with Crippen LogP contribution >= 0.6 is 0 Å². The van der Waals surface area contributed by atoms with Gasteiger partial charge < -0.3 is 5.32 Å². The molecule has 0 aliphatic heterocycles. The molecule has 0 aliphatic rings. The van der Waals surface area contributed by atoms with Crippen LogP contribution < -0.4 is 5.32 Å². The first-order valence-corrected chi connectivity index (χ1v) is 5.23. The van der Waals surface area contributed by atoms with Gasteiger partial charge in [-0.25, -0.2) is 0 Å². The molecule has 0 unspecified atom stereocenters.